The van der Waals surface area contributed by atoms with Gasteiger partial charge in [-0.25, -0.2) is 8.42 Å². The van der Waals surface area contributed by atoms with Crippen molar-refractivity contribution in [2.45, 2.75) is 26.6 Å². The third-order valence-electron chi connectivity index (χ3n) is 3.39. The summed E-state index contributed by atoms with van der Waals surface area (Å²) in [5, 5.41) is 5.82. The molecule has 0 spiro atoms. The molecule has 7 nitrogen and oxygen atoms in total. The molecule has 0 bridgehead atoms. The topological polar surface area (TPSA) is 93.1 Å². The van der Waals surface area contributed by atoms with E-state index >= 15 is 0 Å². The smallest absolute Gasteiger partial charge is 0.324 e. The molecule has 142 valence electrons. The molecule has 0 atom stereocenters. The Hall–Kier alpha value is -2.56. The van der Waals surface area contributed by atoms with Gasteiger partial charge in [-0.1, -0.05) is 0 Å². The second kappa shape index (κ2) is 7.36. The Morgan fingerprint density at radius 2 is 1.96 bits per heavy atom. The predicted molar refractivity (Wildman–Crippen MR) is 90.1 cm³/mol. The largest absolute Gasteiger partial charge is 0.435 e. The van der Waals surface area contributed by atoms with E-state index in [2.05, 4.69) is 15.1 Å². The Morgan fingerprint density at radius 1 is 1.27 bits per heavy atom. The maximum Gasteiger partial charge on any atom is 0.435 e. The zero-order valence-electron chi connectivity index (χ0n) is 14.0. The zero-order chi connectivity index (χ0) is 19.5. The molecule has 26 heavy (non-hydrogen) atoms. The third kappa shape index (κ3) is 5.22. The van der Waals surface area contributed by atoms with Gasteiger partial charge in [0.2, 0.25) is 15.9 Å². The summed E-state index contributed by atoms with van der Waals surface area (Å²) in [5.41, 5.74) is 0.272. The third-order valence-corrected chi connectivity index (χ3v) is 4.68. The predicted octanol–water partition coefficient (Wildman–Crippen LogP) is 2.61. The van der Waals surface area contributed by atoms with Crippen LogP contribution in [0.5, 0.6) is 0 Å². The molecule has 1 heterocycles. The maximum absolute atomic E-state index is 12.5. The first-order valence-electron chi connectivity index (χ1n) is 7.52. The highest BCUT2D eigenvalue weighted by Crippen LogP contribution is 2.27. The minimum Gasteiger partial charge on any atom is -0.324 e. The van der Waals surface area contributed by atoms with Crippen LogP contribution in [-0.2, 0) is 27.5 Å². The number of halogens is 3. The monoisotopic (exact) mass is 390 g/mol. The van der Waals surface area contributed by atoms with Crippen molar-refractivity contribution in [1.82, 2.24) is 9.78 Å². The number of alkyl halides is 3. The number of carbonyl (C=O) groups excluding carboxylic acids is 1. The number of aromatic nitrogens is 2. The molecule has 0 saturated carbocycles. The molecule has 0 saturated heterocycles. The van der Waals surface area contributed by atoms with Gasteiger partial charge in [-0.3, -0.25) is 14.2 Å². The summed E-state index contributed by atoms with van der Waals surface area (Å²) in [6.45, 7) is 2.78. The van der Waals surface area contributed by atoms with Gasteiger partial charge in [0.15, 0.2) is 5.69 Å². The molecule has 1 aromatic carbocycles. The summed E-state index contributed by atoms with van der Waals surface area (Å²) in [4.78, 5) is 11.9. The molecular weight excluding hydrogens is 373 g/mol. The molecule has 2 rings (SSSR count). The lowest BCUT2D eigenvalue weighted by Gasteiger charge is -2.12. The van der Waals surface area contributed by atoms with Gasteiger partial charge in [0.05, 0.1) is 11.4 Å². The van der Waals surface area contributed by atoms with E-state index in [9.17, 15) is 26.4 Å². The van der Waals surface area contributed by atoms with Gasteiger partial charge < -0.3 is 5.32 Å². The standard InChI is InChI=1S/C15H17F3N4O3S/c1-3-26(24,25)21-12-5-4-11(8-10(12)2)19-14(23)9-22-7-6-13(20-22)15(16,17)18/h4-8,21H,3,9H2,1-2H3,(H,19,23). The number of carbonyl (C=O) groups is 1. The van der Waals surface area contributed by atoms with E-state index in [-0.39, 0.29) is 12.3 Å². The lowest BCUT2D eigenvalue weighted by atomic mass is 10.2. The number of benzene rings is 1. The fraction of sp³-hybridized carbons (Fsp3) is 0.333. The number of aryl methyl sites for hydroxylation is 1. The summed E-state index contributed by atoms with van der Waals surface area (Å²) >= 11 is 0. The molecule has 1 amide bonds. The lowest BCUT2D eigenvalue weighted by molar-refractivity contribution is -0.141. The molecule has 2 aromatic rings. The number of nitrogens with zero attached hydrogens (tertiary/aromatic N) is 2. The Bertz CT molecular complexity index is 907. The molecule has 0 aliphatic heterocycles. The summed E-state index contributed by atoms with van der Waals surface area (Å²) in [6, 6.07) is 5.32. The van der Waals surface area contributed by atoms with Crippen LogP contribution in [0.25, 0.3) is 0 Å². The average Bonchev–Trinajstić information content (AvgIpc) is 2.98. The van der Waals surface area contributed by atoms with Crippen LogP contribution in [-0.4, -0.2) is 29.9 Å². The van der Waals surface area contributed by atoms with E-state index in [1.807, 2.05) is 0 Å². The summed E-state index contributed by atoms with van der Waals surface area (Å²) in [5.74, 6) is -0.641. The highest BCUT2D eigenvalue weighted by Gasteiger charge is 2.33. The van der Waals surface area contributed by atoms with Crippen LogP contribution in [0, 0.1) is 6.92 Å². The Morgan fingerprint density at radius 3 is 2.50 bits per heavy atom. The Balaban J connectivity index is 2.03. The number of hydrogen-bond acceptors (Lipinski definition) is 4. The van der Waals surface area contributed by atoms with Crippen LogP contribution in [0.2, 0.25) is 0 Å². The van der Waals surface area contributed by atoms with E-state index in [1.165, 1.54) is 19.1 Å². The molecule has 1 aromatic heterocycles. The van der Waals surface area contributed by atoms with Gasteiger partial charge in [0.25, 0.3) is 0 Å². The van der Waals surface area contributed by atoms with Crippen molar-refractivity contribution in [3.05, 3.63) is 41.7 Å². The number of anilines is 2. The molecule has 0 unspecified atom stereocenters. The van der Waals surface area contributed by atoms with E-state index in [0.717, 1.165) is 16.9 Å². The first kappa shape index (κ1) is 19.8. The first-order chi connectivity index (χ1) is 12.0. The van der Waals surface area contributed by atoms with Crippen LogP contribution in [0.3, 0.4) is 0 Å². The van der Waals surface area contributed by atoms with Crippen molar-refractivity contribution in [3.8, 4) is 0 Å². The van der Waals surface area contributed by atoms with Crippen molar-refractivity contribution in [1.29, 1.82) is 0 Å². The number of rotatable bonds is 6. The molecule has 0 radical (unpaired) electrons. The zero-order valence-corrected chi connectivity index (χ0v) is 14.8. The Kier molecular flexibility index (Phi) is 5.59. The molecule has 0 aliphatic rings. The van der Waals surface area contributed by atoms with Gasteiger partial charge in [0.1, 0.15) is 6.54 Å². The summed E-state index contributed by atoms with van der Waals surface area (Å²) in [6.07, 6.45) is -3.50. The van der Waals surface area contributed by atoms with E-state index in [4.69, 9.17) is 0 Å². The fourth-order valence-corrected chi connectivity index (χ4v) is 2.75. The fourth-order valence-electron chi connectivity index (χ4n) is 2.04. The SMILES string of the molecule is CCS(=O)(=O)Nc1ccc(NC(=O)Cn2ccc(C(F)(F)F)n2)cc1C. The number of amides is 1. The maximum atomic E-state index is 12.5. The second-order valence-electron chi connectivity index (χ2n) is 5.48. The van der Waals surface area contributed by atoms with Gasteiger partial charge in [0, 0.05) is 11.9 Å². The number of hydrogen-bond donors (Lipinski definition) is 2. The molecular formula is C15H17F3N4O3S. The van der Waals surface area contributed by atoms with E-state index in [0.29, 0.717) is 16.9 Å². The van der Waals surface area contributed by atoms with Gasteiger partial charge in [-0.05, 0) is 43.7 Å². The molecule has 0 aliphatic carbocycles. The van der Waals surface area contributed by atoms with Crippen molar-refractivity contribution >= 4 is 27.3 Å². The van der Waals surface area contributed by atoms with Crippen LogP contribution < -0.4 is 10.0 Å². The van der Waals surface area contributed by atoms with Gasteiger partial charge >= 0.3 is 6.18 Å². The van der Waals surface area contributed by atoms with Crippen molar-refractivity contribution in [2.75, 3.05) is 15.8 Å². The highest BCUT2D eigenvalue weighted by molar-refractivity contribution is 7.92. The van der Waals surface area contributed by atoms with Crippen LogP contribution >= 0.6 is 0 Å². The van der Waals surface area contributed by atoms with Crippen LogP contribution in [0.1, 0.15) is 18.2 Å². The highest BCUT2D eigenvalue weighted by atomic mass is 32.2. The van der Waals surface area contributed by atoms with Crippen molar-refractivity contribution < 1.29 is 26.4 Å². The van der Waals surface area contributed by atoms with Crippen molar-refractivity contribution in [3.63, 3.8) is 0 Å². The summed E-state index contributed by atoms with van der Waals surface area (Å²) < 4.78 is 63.9. The van der Waals surface area contributed by atoms with E-state index in [1.54, 1.807) is 13.0 Å². The minimum absolute atomic E-state index is 0.0747. The average molecular weight is 390 g/mol. The first-order valence-corrected chi connectivity index (χ1v) is 9.17. The van der Waals surface area contributed by atoms with E-state index < -0.39 is 27.8 Å². The molecule has 11 heteroatoms. The quantitative estimate of drug-likeness (QED) is 0.793. The number of sulfonamides is 1. The lowest BCUT2D eigenvalue weighted by Crippen LogP contribution is -2.20. The molecule has 2 N–H and O–H groups in total. The molecule has 0 fully saturated rings. The van der Waals surface area contributed by atoms with Crippen LogP contribution in [0.4, 0.5) is 24.5 Å². The second-order valence-corrected chi connectivity index (χ2v) is 7.49. The summed E-state index contributed by atoms with van der Waals surface area (Å²) in [7, 11) is -3.42. The van der Waals surface area contributed by atoms with Gasteiger partial charge in [-0.2, -0.15) is 18.3 Å². The van der Waals surface area contributed by atoms with Crippen LogP contribution in [0.15, 0.2) is 30.5 Å². The van der Waals surface area contributed by atoms with Crippen molar-refractivity contribution in [2.24, 2.45) is 0 Å². The Labute approximate surface area is 148 Å². The normalized spacial score (nSPS) is 12.0. The number of nitrogens with one attached hydrogen (secondary N) is 2. The minimum atomic E-state index is -4.57. The van der Waals surface area contributed by atoms with Gasteiger partial charge in [-0.15, -0.1) is 0 Å².